The third-order valence-electron chi connectivity index (χ3n) is 2.83. The Kier molecular flexibility index (Phi) is 3.10. The topological polar surface area (TPSA) is 43.4 Å². The van der Waals surface area contributed by atoms with Gasteiger partial charge in [0.2, 0.25) is 0 Å². The molecule has 6 heteroatoms. The molecule has 1 aliphatic rings. The van der Waals surface area contributed by atoms with Crippen molar-refractivity contribution >= 4 is 16.6 Å². The predicted molar refractivity (Wildman–Crippen MR) is 68.5 cm³/mol. The number of benzene rings is 2. The van der Waals surface area contributed by atoms with Gasteiger partial charge in [-0.05, 0) is 18.2 Å². The van der Waals surface area contributed by atoms with E-state index in [2.05, 4.69) is 0 Å². The van der Waals surface area contributed by atoms with Crippen LogP contribution in [0.25, 0.3) is 0 Å². The molecule has 20 heavy (non-hydrogen) atoms. The molecule has 1 atom stereocenters. The molecule has 0 N–H and O–H groups in total. The van der Waals surface area contributed by atoms with Crippen LogP contribution in [0.4, 0.5) is 8.78 Å². The van der Waals surface area contributed by atoms with Crippen molar-refractivity contribution in [1.82, 2.24) is 0 Å². The molecule has 0 amide bonds. The summed E-state index contributed by atoms with van der Waals surface area (Å²) >= 11 is 0. The highest BCUT2D eigenvalue weighted by Gasteiger charge is 2.26. The normalized spacial score (nSPS) is 17.1. The minimum Gasteiger partial charge on any atom is -0.457 e. The van der Waals surface area contributed by atoms with Crippen LogP contribution in [0.5, 0.6) is 11.5 Å². The first kappa shape index (κ1) is 12.9. The van der Waals surface area contributed by atoms with E-state index in [-0.39, 0.29) is 23.0 Å². The molecule has 0 radical (unpaired) electrons. The molecule has 3 rings (SSSR count). The summed E-state index contributed by atoms with van der Waals surface area (Å²) in [6, 6.07) is 7.29. The van der Waals surface area contributed by atoms with E-state index < -0.39 is 22.4 Å². The van der Waals surface area contributed by atoms with Gasteiger partial charge >= 0.3 is 0 Å². The van der Waals surface area contributed by atoms with Crippen molar-refractivity contribution in [3.8, 4) is 11.5 Å². The number of fused-ring (bicyclic) bond motifs is 1. The lowest BCUT2D eigenvalue weighted by Gasteiger charge is -2.07. The van der Waals surface area contributed by atoms with Crippen LogP contribution in [0.2, 0.25) is 0 Å². The van der Waals surface area contributed by atoms with E-state index in [4.69, 9.17) is 4.74 Å². The van der Waals surface area contributed by atoms with Gasteiger partial charge in [-0.2, -0.15) is 0 Å². The molecule has 1 heterocycles. The van der Waals surface area contributed by atoms with E-state index in [0.29, 0.717) is 10.5 Å². The second-order valence-electron chi connectivity index (χ2n) is 4.28. The lowest BCUT2D eigenvalue weighted by molar-refractivity contribution is 0.102. The summed E-state index contributed by atoms with van der Waals surface area (Å²) in [6.45, 7) is 0. The highest BCUT2D eigenvalue weighted by Crippen LogP contribution is 2.30. The minimum atomic E-state index is -1.32. The van der Waals surface area contributed by atoms with E-state index in [1.807, 2.05) is 0 Å². The van der Waals surface area contributed by atoms with E-state index >= 15 is 0 Å². The first-order valence-corrected chi connectivity index (χ1v) is 7.04. The Morgan fingerprint density at radius 2 is 1.70 bits per heavy atom. The van der Waals surface area contributed by atoms with Gasteiger partial charge in [-0.15, -0.1) is 0 Å². The molecule has 0 saturated carbocycles. The number of Topliss-reactive ketones (excluding diaryl/α,β-unsaturated/α-hetero) is 1. The standard InChI is InChI=1S/C14H8F2O3S/c15-8-3-9(16)5-11(4-8)19-10-1-2-14-12(6-10)13(17)7-20(14)18/h1-6H,7H2. The molecule has 0 aromatic heterocycles. The third-order valence-corrected chi connectivity index (χ3v) is 4.20. The van der Waals surface area contributed by atoms with Crippen LogP contribution >= 0.6 is 0 Å². The molecule has 1 aliphatic heterocycles. The fourth-order valence-electron chi connectivity index (χ4n) is 1.99. The highest BCUT2D eigenvalue weighted by molar-refractivity contribution is 7.86. The van der Waals surface area contributed by atoms with Gasteiger partial charge in [-0.1, -0.05) is 0 Å². The third kappa shape index (κ3) is 2.34. The Balaban J connectivity index is 1.94. The number of carbonyl (C=O) groups is 1. The molecule has 0 aliphatic carbocycles. The zero-order valence-corrected chi connectivity index (χ0v) is 10.9. The predicted octanol–water partition coefficient (Wildman–Crippen LogP) is 3.06. The van der Waals surface area contributed by atoms with Gasteiger partial charge in [-0.25, -0.2) is 8.78 Å². The number of ether oxygens (including phenoxy) is 1. The van der Waals surface area contributed by atoms with E-state index in [0.717, 1.165) is 18.2 Å². The maximum absolute atomic E-state index is 13.0. The smallest absolute Gasteiger partial charge is 0.177 e. The van der Waals surface area contributed by atoms with Crippen molar-refractivity contribution < 1.29 is 22.5 Å². The number of ketones is 1. The largest absolute Gasteiger partial charge is 0.457 e. The number of carbonyl (C=O) groups excluding carboxylic acids is 1. The fourth-order valence-corrected chi connectivity index (χ4v) is 3.17. The first-order valence-electron chi connectivity index (χ1n) is 5.72. The average Bonchev–Trinajstić information content (AvgIpc) is 2.63. The van der Waals surface area contributed by atoms with Crippen LogP contribution in [0.3, 0.4) is 0 Å². The lowest BCUT2D eigenvalue weighted by Crippen LogP contribution is -1.97. The summed E-state index contributed by atoms with van der Waals surface area (Å²) in [5.74, 6) is -1.51. The summed E-state index contributed by atoms with van der Waals surface area (Å²) in [5, 5.41) is 0. The van der Waals surface area contributed by atoms with Crippen molar-refractivity contribution in [2.75, 3.05) is 5.75 Å². The molecule has 0 bridgehead atoms. The van der Waals surface area contributed by atoms with E-state index in [9.17, 15) is 17.8 Å². The Morgan fingerprint density at radius 3 is 2.40 bits per heavy atom. The SMILES string of the molecule is O=C1CS(=O)c2ccc(Oc3cc(F)cc(F)c3)cc21. The maximum Gasteiger partial charge on any atom is 0.177 e. The van der Waals surface area contributed by atoms with Gasteiger partial charge in [0.15, 0.2) is 5.78 Å². The van der Waals surface area contributed by atoms with E-state index in [1.54, 1.807) is 0 Å². The van der Waals surface area contributed by atoms with Gasteiger partial charge in [0.25, 0.3) is 0 Å². The second-order valence-corrected chi connectivity index (χ2v) is 5.70. The quantitative estimate of drug-likeness (QED) is 0.855. The Bertz CT molecular complexity index is 723. The fraction of sp³-hybridized carbons (Fsp3) is 0.0714. The van der Waals surface area contributed by atoms with Crippen molar-refractivity contribution in [2.24, 2.45) is 0 Å². The molecule has 3 nitrogen and oxygen atoms in total. The van der Waals surface area contributed by atoms with Crippen LogP contribution in [-0.2, 0) is 10.8 Å². The zero-order valence-electron chi connectivity index (χ0n) is 10.1. The van der Waals surface area contributed by atoms with Crippen LogP contribution in [-0.4, -0.2) is 15.7 Å². The summed E-state index contributed by atoms with van der Waals surface area (Å²) in [6.07, 6.45) is 0. The van der Waals surface area contributed by atoms with Crippen molar-refractivity contribution in [2.45, 2.75) is 4.90 Å². The summed E-state index contributed by atoms with van der Waals surface area (Å²) < 4.78 is 43.0. The molecule has 2 aromatic carbocycles. The van der Waals surface area contributed by atoms with Gasteiger partial charge in [0.1, 0.15) is 23.1 Å². The molecule has 0 fully saturated rings. The van der Waals surface area contributed by atoms with Gasteiger partial charge in [0, 0.05) is 23.8 Å². The second kappa shape index (κ2) is 4.79. The summed E-state index contributed by atoms with van der Waals surface area (Å²) in [7, 11) is -1.32. The molecule has 0 saturated heterocycles. The first-order chi connectivity index (χ1) is 9.52. The summed E-state index contributed by atoms with van der Waals surface area (Å²) in [5.41, 5.74) is 0.331. The molecule has 0 spiro atoms. The molecule has 2 aromatic rings. The maximum atomic E-state index is 13.0. The monoisotopic (exact) mass is 294 g/mol. The van der Waals surface area contributed by atoms with Crippen molar-refractivity contribution in [3.63, 3.8) is 0 Å². The number of hydrogen-bond donors (Lipinski definition) is 0. The molecule has 1 unspecified atom stereocenters. The molecular formula is C14H8F2O3S. The number of hydrogen-bond acceptors (Lipinski definition) is 3. The molecule has 102 valence electrons. The lowest BCUT2D eigenvalue weighted by atomic mass is 10.1. The van der Waals surface area contributed by atoms with Crippen molar-refractivity contribution in [3.05, 3.63) is 53.6 Å². The van der Waals surface area contributed by atoms with Crippen LogP contribution in [0, 0.1) is 11.6 Å². The van der Waals surface area contributed by atoms with Crippen LogP contribution in [0.1, 0.15) is 10.4 Å². The van der Waals surface area contributed by atoms with Crippen LogP contribution in [0.15, 0.2) is 41.3 Å². The summed E-state index contributed by atoms with van der Waals surface area (Å²) in [4.78, 5) is 12.1. The average molecular weight is 294 g/mol. The van der Waals surface area contributed by atoms with Gasteiger partial charge in [0.05, 0.1) is 21.4 Å². The Morgan fingerprint density at radius 1 is 1.00 bits per heavy atom. The zero-order chi connectivity index (χ0) is 14.3. The Labute approximate surface area is 115 Å². The number of rotatable bonds is 2. The van der Waals surface area contributed by atoms with Gasteiger partial charge in [-0.3, -0.25) is 9.00 Å². The minimum absolute atomic E-state index is 0.00554. The number of halogens is 2. The Hall–Kier alpha value is -2.08. The molecular weight excluding hydrogens is 286 g/mol. The van der Waals surface area contributed by atoms with Crippen molar-refractivity contribution in [1.29, 1.82) is 0 Å². The van der Waals surface area contributed by atoms with Crippen LogP contribution < -0.4 is 4.74 Å². The van der Waals surface area contributed by atoms with E-state index in [1.165, 1.54) is 18.2 Å². The highest BCUT2D eigenvalue weighted by atomic mass is 32.2. The van der Waals surface area contributed by atoms with Gasteiger partial charge < -0.3 is 4.74 Å².